The van der Waals surface area contributed by atoms with Gasteiger partial charge in [0.05, 0.1) is 12.7 Å². The second kappa shape index (κ2) is 10.4. The maximum absolute atomic E-state index is 13.0. The van der Waals surface area contributed by atoms with Crippen LogP contribution >= 0.6 is 11.3 Å². The van der Waals surface area contributed by atoms with Gasteiger partial charge in [-0.2, -0.15) is 16.4 Å². The number of carbonyl (C=O) groups excluding carboxylic acids is 1. The lowest BCUT2D eigenvalue weighted by atomic mass is 10.1. The summed E-state index contributed by atoms with van der Waals surface area (Å²) in [4.78, 5) is 14.8. The second-order valence-electron chi connectivity index (χ2n) is 7.49. The van der Waals surface area contributed by atoms with E-state index in [2.05, 4.69) is 21.9 Å². The molecule has 1 amide bonds. The fourth-order valence-corrected chi connectivity index (χ4v) is 4.30. The number of amides is 1. The molecule has 7 heteroatoms. The Morgan fingerprint density at radius 2 is 2.27 bits per heavy atom. The molecule has 6 nitrogen and oxygen atoms in total. The lowest BCUT2D eigenvalue weighted by molar-refractivity contribution is -0.134. The summed E-state index contributed by atoms with van der Waals surface area (Å²) in [5.74, 6) is 0.873. The molecular formula is C23H27N3O3S. The third kappa shape index (κ3) is 5.93. The molecule has 1 fully saturated rings. The zero-order valence-corrected chi connectivity index (χ0v) is 17.8. The van der Waals surface area contributed by atoms with Crippen molar-refractivity contribution in [1.82, 2.24) is 14.7 Å². The number of carbonyl (C=O) groups is 1. The molecule has 0 radical (unpaired) electrons. The number of ether oxygens (including phenoxy) is 2. The number of hydrogen-bond donors (Lipinski definition) is 0. The van der Waals surface area contributed by atoms with E-state index < -0.39 is 0 Å². The van der Waals surface area contributed by atoms with Crippen molar-refractivity contribution < 1.29 is 14.3 Å². The van der Waals surface area contributed by atoms with Crippen LogP contribution in [0.25, 0.3) is 0 Å². The van der Waals surface area contributed by atoms with Gasteiger partial charge >= 0.3 is 0 Å². The molecule has 158 valence electrons. The molecule has 1 aliphatic heterocycles. The van der Waals surface area contributed by atoms with Crippen molar-refractivity contribution in [3.63, 3.8) is 0 Å². The minimum absolute atomic E-state index is 0.0398. The Bertz CT molecular complexity index is 906. The topological polar surface area (TPSA) is 56.6 Å². The third-order valence-corrected chi connectivity index (χ3v) is 5.90. The van der Waals surface area contributed by atoms with Crippen molar-refractivity contribution in [3.05, 3.63) is 70.7 Å². The highest BCUT2D eigenvalue weighted by molar-refractivity contribution is 7.07. The summed E-state index contributed by atoms with van der Waals surface area (Å²) in [5.41, 5.74) is 2.35. The van der Waals surface area contributed by atoms with Crippen LogP contribution in [0.5, 0.6) is 5.75 Å². The molecule has 0 bridgehead atoms. The molecule has 1 saturated heterocycles. The number of hydrogen-bond acceptors (Lipinski definition) is 5. The van der Waals surface area contributed by atoms with Gasteiger partial charge in [0.1, 0.15) is 12.3 Å². The van der Waals surface area contributed by atoms with Gasteiger partial charge in [-0.1, -0.05) is 12.1 Å². The summed E-state index contributed by atoms with van der Waals surface area (Å²) < 4.78 is 13.4. The van der Waals surface area contributed by atoms with Crippen LogP contribution < -0.4 is 4.74 Å². The standard InChI is InChI=1S/C23H27N3O3S/c27-23(17-26-10-3-9-24-26)25(16-22-6-2-11-28-22)15-20-4-1-5-21(14-20)29-12-7-19-8-13-30-18-19/h1,3-5,8-10,13-14,18,22H,2,6-7,11-12,15-17H2/t22-/m0/s1. The van der Waals surface area contributed by atoms with Crippen LogP contribution in [0.15, 0.2) is 59.6 Å². The Kier molecular flexibility index (Phi) is 7.16. The molecule has 1 aliphatic rings. The van der Waals surface area contributed by atoms with Crippen LogP contribution in [0, 0.1) is 0 Å². The number of thiophene rings is 1. The highest BCUT2D eigenvalue weighted by atomic mass is 32.1. The number of nitrogens with zero attached hydrogens (tertiary/aromatic N) is 3. The zero-order valence-electron chi connectivity index (χ0n) is 17.0. The molecule has 3 heterocycles. The van der Waals surface area contributed by atoms with Crippen LogP contribution in [0.2, 0.25) is 0 Å². The zero-order chi connectivity index (χ0) is 20.6. The minimum Gasteiger partial charge on any atom is -0.493 e. The van der Waals surface area contributed by atoms with Crippen molar-refractivity contribution in [3.8, 4) is 5.75 Å². The van der Waals surface area contributed by atoms with Crippen molar-refractivity contribution in [2.75, 3.05) is 19.8 Å². The first-order valence-electron chi connectivity index (χ1n) is 10.4. The molecule has 1 atom stereocenters. The fourth-order valence-electron chi connectivity index (χ4n) is 3.60. The molecule has 4 rings (SSSR count). The predicted octanol–water partition coefficient (Wildman–Crippen LogP) is 3.77. The van der Waals surface area contributed by atoms with Gasteiger partial charge in [-0.25, -0.2) is 0 Å². The Balaban J connectivity index is 1.38. The van der Waals surface area contributed by atoms with Gasteiger partial charge < -0.3 is 14.4 Å². The Labute approximate surface area is 181 Å². The smallest absolute Gasteiger partial charge is 0.244 e. The van der Waals surface area contributed by atoms with Gasteiger partial charge in [0.25, 0.3) is 0 Å². The molecule has 0 N–H and O–H groups in total. The van der Waals surface area contributed by atoms with Crippen LogP contribution in [0.1, 0.15) is 24.0 Å². The first-order chi connectivity index (χ1) is 14.8. The number of benzene rings is 1. The summed E-state index contributed by atoms with van der Waals surface area (Å²) in [6.07, 6.45) is 6.55. The second-order valence-corrected chi connectivity index (χ2v) is 8.27. The van der Waals surface area contributed by atoms with E-state index in [-0.39, 0.29) is 18.6 Å². The summed E-state index contributed by atoms with van der Waals surface area (Å²) >= 11 is 1.70. The first kappa shape index (κ1) is 20.6. The van der Waals surface area contributed by atoms with Gasteiger partial charge in [0.2, 0.25) is 5.91 Å². The molecular weight excluding hydrogens is 398 g/mol. The summed E-state index contributed by atoms with van der Waals surface area (Å²) in [7, 11) is 0. The van der Waals surface area contributed by atoms with Crippen molar-refractivity contribution in [2.45, 2.75) is 38.5 Å². The molecule has 2 aromatic heterocycles. The largest absolute Gasteiger partial charge is 0.493 e. The maximum atomic E-state index is 13.0. The number of aromatic nitrogens is 2. The quantitative estimate of drug-likeness (QED) is 0.496. The van der Waals surface area contributed by atoms with E-state index in [0.29, 0.717) is 19.7 Å². The van der Waals surface area contributed by atoms with Crippen LogP contribution in [-0.2, 0) is 29.0 Å². The van der Waals surface area contributed by atoms with E-state index in [1.165, 1.54) is 5.56 Å². The molecule has 30 heavy (non-hydrogen) atoms. The lowest BCUT2D eigenvalue weighted by Crippen LogP contribution is -2.39. The Hall–Kier alpha value is -2.64. The van der Waals surface area contributed by atoms with E-state index in [0.717, 1.165) is 37.2 Å². The van der Waals surface area contributed by atoms with E-state index in [4.69, 9.17) is 9.47 Å². The van der Waals surface area contributed by atoms with Crippen LogP contribution in [-0.4, -0.2) is 46.5 Å². The first-order valence-corrected chi connectivity index (χ1v) is 11.3. The highest BCUT2D eigenvalue weighted by Crippen LogP contribution is 2.19. The Morgan fingerprint density at radius 3 is 3.03 bits per heavy atom. The molecule has 0 saturated carbocycles. The van der Waals surface area contributed by atoms with E-state index >= 15 is 0 Å². The average molecular weight is 426 g/mol. The van der Waals surface area contributed by atoms with Crippen molar-refractivity contribution in [1.29, 1.82) is 0 Å². The summed E-state index contributed by atoms with van der Waals surface area (Å²) in [5, 5.41) is 8.39. The fraction of sp³-hybridized carbons (Fsp3) is 0.391. The van der Waals surface area contributed by atoms with E-state index in [9.17, 15) is 4.79 Å². The van der Waals surface area contributed by atoms with Gasteiger partial charge in [-0.3, -0.25) is 9.48 Å². The van der Waals surface area contributed by atoms with Crippen LogP contribution in [0.4, 0.5) is 0 Å². The lowest BCUT2D eigenvalue weighted by Gasteiger charge is -2.26. The molecule has 0 aliphatic carbocycles. The number of rotatable bonds is 10. The maximum Gasteiger partial charge on any atom is 0.244 e. The van der Waals surface area contributed by atoms with Gasteiger partial charge in [-0.15, -0.1) is 0 Å². The SMILES string of the molecule is O=C(Cn1cccn1)N(Cc1cccc(OCCc2ccsc2)c1)C[C@@H]1CCCO1. The normalized spacial score (nSPS) is 15.9. The Morgan fingerprint density at radius 1 is 1.30 bits per heavy atom. The molecule has 1 aromatic carbocycles. The average Bonchev–Trinajstić information content (AvgIpc) is 3.52. The van der Waals surface area contributed by atoms with Gasteiger partial charge in [-0.05, 0) is 59.0 Å². The molecule has 0 spiro atoms. The van der Waals surface area contributed by atoms with Crippen molar-refractivity contribution in [2.24, 2.45) is 0 Å². The molecule has 3 aromatic rings. The summed E-state index contributed by atoms with van der Waals surface area (Å²) in [6, 6.07) is 12.0. The monoisotopic (exact) mass is 425 g/mol. The van der Waals surface area contributed by atoms with Crippen molar-refractivity contribution >= 4 is 17.2 Å². The van der Waals surface area contributed by atoms with Gasteiger partial charge in [0, 0.05) is 38.5 Å². The van der Waals surface area contributed by atoms with Crippen LogP contribution in [0.3, 0.4) is 0 Å². The third-order valence-electron chi connectivity index (χ3n) is 5.17. The van der Waals surface area contributed by atoms with E-state index in [1.807, 2.05) is 41.4 Å². The predicted molar refractivity (Wildman–Crippen MR) is 117 cm³/mol. The van der Waals surface area contributed by atoms with E-state index in [1.54, 1.807) is 22.2 Å². The minimum atomic E-state index is 0.0398. The highest BCUT2D eigenvalue weighted by Gasteiger charge is 2.23. The summed E-state index contributed by atoms with van der Waals surface area (Å²) in [6.45, 7) is 2.78. The molecule has 0 unspecified atom stereocenters. The van der Waals surface area contributed by atoms with Gasteiger partial charge in [0.15, 0.2) is 0 Å².